The van der Waals surface area contributed by atoms with E-state index in [1.807, 2.05) is 38.1 Å². The summed E-state index contributed by atoms with van der Waals surface area (Å²) < 4.78 is 10.9. The van der Waals surface area contributed by atoms with Gasteiger partial charge >= 0.3 is 0 Å². The van der Waals surface area contributed by atoms with Gasteiger partial charge in [0.25, 0.3) is 0 Å². The Morgan fingerprint density at radius 2 is 2.06 bits per heavy atom. The molecule has 0 saturated carbocycles. The van der Waals surface area contributed by atoms with Crippen molar-refractivity contribution in [2.75, 3.05) is 0 Å². The third-order valence-corrected chi connectivity index (χ3v) is 1.98. The largest absolute Gasteiger partial charge is 0.491 e. The molecule has 0 spiro atoms. The van der Waals surface area contributed by atoms with E-state index >= 15 is 0 Å². The standard InChI is InChI=1S/C12H14N2O2/c1-8(2)15-11-6-4-5-10(7-11)12-14-13-9(3)16-12/h4-8H,1-3H3. The maximum atomic E-state index is 5.59. The number of aryl methyl sites for hydroxylation is 1. The molecular weight excluding hydrogens is 204 g/mol. The van der Waals surface area contributed by atoms with Crippen molar-refractivity contribution < 1.29 is 9.15 Å². The highest BCUT2D eigenvalue weighted by molar-refractivity contribution is 5.55. The summed E-state index contributed by atoms with van der Waals surface area (Å²) in [6.45, 7) is 5.75. The summed E-state index contributed by atoms with van der Waals surface area (Å²) >= 11 is 0. The second-order valence-corrected chi connectivity index (χ2v) is 3.82. The van der Waals surface area contributed by atoms with Gasteiger partial charge in [-0.3, -0.25) is 0 Å². The fourth-order valence-corrected chi connectivity index (χ4v) is 1.39. The number of ether oxygens (including phenoxy) is 1. The summed E-state index contributed by atoms with van der Waals surface area (Å²) in [5, 5.41) is 7.76. The quantitative estimate of drug-likeness (QED) is 0.794. The van der Waals surface area contributed by atoms with E-state index in [2.05, 4.69) is 10.2 Å². The van der Waals surface area contributed by atoms with Gasteiger partial charge in [-0.25, -0.2) is 0 Å². The highest BCUT2D eigenvalue weighted by Gasteiger charge is 2.07. The maximum Gasteiger partial charge on any atom is 0.247 e. The van der Waals surface area contributed by atoms with Gasteiger partial charge < -0.3 is 9.15 Å². The molecule has 0 aliphatic heterocycles. The van der Waals surface area contributed by atoms with Crippen molar-refractivity contribution in [1.82, 2.24) is 10.2 Å². The van der Waals surface area contributed by atoms with Crippen LogP contribution in [0.5, 0.6) is 5.75 Å². The number of benzene rings is 1. The summed E-state index contributed by atoms with van der Waals surface area (Å²) in [4.78, 5) is 0. The molecule has 84 valence electrons. The van der Waals surface area contributed by atoms with E-state index in [4.69, 9.17) is 9.15 Å². The normalized spacial score (nSPS) is 10.8. The molecule has 16 heavy (non-hydrogen) atoms. The third-order valence-electron chi connectivity index (χ3n) is 1.98. The van der Waals surface area contributed by atoms with Gasteiger partial charge in [0.2, 0.25) is 11.8 Å². The van der Waals surface area contributed by atoms with Crippen molar-refractivity contribution in [1.29, 1.82) is 0 Å². The zero-order valence-electron chi connectivity index (χ0n) is 9.60. The predicted molar refractivity (Wildman–Crippen MR) is 60.2 cm³/mol. The number of hydrogen-bond acceptors (Lipinski definition) is 4. The van der Waals surface area contributed by atoms with Crippen molar-refractivity contribution >= 4 is 0 Å². The number of hydrogen-bond donors (Lipinski definition) is 0. The molecule has 0 saturated heterocycles. The van der Waals surface area contributed by atoms with Crippen LogP contribution in [0.2, 0.25) is 0 Å². The first-order valence-electron chi connectivity index (χ1n) is 5.22. The molecule has 0 amide bonds. The van der Waals surface area contributed by atoms with Gasteiger partial charge in [0.1, 0.15) is 5.75 Å². The molecule has 1 heterocycles. The Balaban J connectivity index is 2.28. The summed E-state index contributed by atoms with van der Waals surface area (Å²) in [6.07, 6.45) is 0.152. The summed E-state index contributed by atoms with van der Waals surface area (Å²) in [5.74, 6) is 1.89. The average molecular weight is 218 g/mol. The molecule has 4 nitrogen and oxygen atoms in total. The second kappa shape index (κ2) is 4.35. The molecule has 0 atom stereocenters. The van der Waals surface area contributed by atoms with Crippen molar-refractivity contribution in [2.24, 2.45) is 0 Å². The third kappa shape index (κ3) is 2.39. The first kappa shape index (κ1) is 10.7. The van der Waals surface area contributed by atoms with Crippen LogP contribution in [0, 0.1) is 6.92 Å². The molecule has 0 aliphatic carbocycles. The second-order valence-electron chi connectivity index (χ2n) is 3.82. The molecule has 0 radical (unpaired) electrons. The molecule has 0 bridgehead atoms. The van der Waals surface area contributed by atoms with Gasteiger partial charge in [-0.2, -0.15) is 0 Å². The fraction of sp³-hybridized carbons (Fsp3) is 0.333. The Morgan fingerprint density at radius 1 is 1.25 bits per heavy atom. The van der Waals surface area contributed by atoms with Crippen LogP contribution in [-0.2, 0) is 0 Å². The highest BCUT2D eigenvalue weighted by Crippen LogP contribution is 2.23. The van der Waals surface area contributed by atoms with E-state index in [-0.39, 0.29) is 6.10 Å². The Hall–Kier alpha value is -1.84. The van der Waals surface area contributed by atoms with E-state index in [9.17, 15) is 0 Å². The molecule has 0 fully saturated rings. The first-order valence-corrected chi connectivity index (χ1v) is 5.22. The Kier molecular flexibility index (Phi) is 2.90. The number of aromatic nitrogens is 2. The Morgan fingerprint density at radius 3 is 2.69 bits per heavy atom. The number of rotatable bonds is 3. The smallest absolute Gasteiger partial charge is 0.247 e. The van der Waals surface area contributed by atoms with Gasteiger partial charge in [0.05, 0.1) is 6.10 Å². The lowest BCUT2D eigenvalue weighted by atomic mass is 10.2. The first-order chi connectivity index (χ1) is 7.65. The lowest BCUT2D eigenvalue weighted by Crippen LogP contribution is -2.05. The van der Waals surface area contributed by atoms with Crippen molar-refractivity contribution in [2.45, 2.75) is 26.9 Å². The summed E-state index contributed by atoms with van der Waals surface area (Å²) in [6, 6.07) is 7.63. The van der Waals surface area contributed by atoms with Crippen molar-refractivity contribution in [3.8, 4) is 17.2 Å². The van der Waals surface area contributed by atoms with E-state index in [0.717, 1.165) is 11.3 Å². The van der Waals surface area contributed by atoms with Crippen LogP contribution in [0.1, 0.15) is 19.7 Å². The van der Waals surface area contributed by atoms with Crippen molar-refractivity contribution in [3.63, 3.8) is 0 Å². The summed E-state index contributed by atoms with van der Waals surface area (Å²) in [5.41, 5.74) is 0.874. The molecule has 0 N–H and O–H groups in total. The molecule has 4 heteroatoms. The van der Waals surface area contributed by atoms with Gasteiger partial charge in [-0.05, 0) is 32.0 Å². The lowest BCUT2D eigenvalue weighted by Gasteiger charge is -2.09. The van der Waals surface area contributed by atoms with E-state index < -0.39 is 0 Å². The molecule has 1 aromatic heterocycles. The zero-order valence-corrected chi connectivity index (χ0v) is 9.60. The van der Waals surface area contributed by atoms with E-state index in [0.29, 0.717) is 11.8 Å². The van der Waals surface area contributed by atoms with Gasteiger partial charge in [0.15, 0.2) is 0 Å². The zero-order chi connectivity index (χ0) is 11.5. The monoisotopic (exact) mass is 218 g/mol. The van der Waals surface area contributed by atoms with Gasteiger partial charge in [-0.15, -0.1) is 10.2 Å². The van der Waals surface area contributed by atoms with Gasteiger partial charge in [0, 0.05) is 12.5 Å². The highest BCUT2D eigenvalue weighted by atomic mass is 16.5. The predicted octanol–water partition coefficient (Wildman–Crippen LogP) is 2.83. The van der Waals surface area contributed by atoms with Gasteiger partial charge in [-0.1, -0.05) is 6.07 Å². The van der Waals surface area contributed by atoms with Crippen LogP contribution in [0.4, 0.5) is 0 Å². The van der Waals surface area contributed by atoms with Crippen LogP contribution in [0.3, 0.4) is 0 Å². The SMILES string of the molecule is Cc1nnc(-c2cccc(OC(C)C)c2)o1. The van der Waals surface area contributed by atoms with Crippen molar-refractivity contribution in [3.05, 3.63) is 30.2 Å². The van der Waals surface area contributed by atoms with Crippen LogP contribution >= 0.6 is 0 Å². The molecule has 0 unspecified atom stereocenters. The molecule has 1 aromatic carbocycles. The minimum Gasteiger partial charge on any atom is -0.491 e. The molecule has 2 aromatic rings. The van der Waals surface area contributed by atoms with Crippen LogP contribution in [0.15, 0.2) is 28.7 Å². The van der Waals surface area contributed by atoms with Crippen LogP contribution in [0.25, 0.3) is 11.5 Å². The minimum absolute atomic E-state index is 0.152. The topological polar surface area (TPSA) is 48.2 Å². The average Bonchev–Trinajstić information content (AvgIpc) is 2.64. The Labute approximate surface area is 94.3 Å². The molecule has 2 rings (SSSR count). The van der Waals surface area contributed by atoms with E-state index in [1.54, 1.807) is 6.92 Å². The van der Waals surface area contributed by atoms with E-state index in [1.165, 1.54) is 0 Å². The molecule has 0 aliphatic rings. The fourth-order valence-electron chi connectivity index (χ4n) is 1.39. The Bertz CT molecular complexity index is 477. The summed E-state index contributed by atoms with van der Waals surface area (Å²) in [7, 11) is 0. The van der Waals surface area contributed by atoms with Crippen LogP contribution < -0.4 is 4.74 Å². The van der Waals surface area contributed by atoms with Crippen LogP contribution in [-0.4, -0.2) is 16.3 Å². The number of nitrogens with zero attached hydrogens (tertiary/aromatic N) is 2. The minimum atomic E-state index is 0.152. The lowest BCUT2D eigenvalue weighted by molar-refractivity contribution is 0.242. The maximum absolute atomic E-state index is 5.59. The molecular formula is C12H14N2O2.